The molecule has 0 aliphatic carbocycles. The number of nitrogens with zero attached hydrogens (tertiary/aromatic N) is 2. The molecule has 1 aromatic rings. The van der Waals surface area contributed by atoms with Gasteiger partial charge in [-0.2, -0.15) is 0 Å². The van der Waals surface area contributed by atoms with Crippen molar-refractivity contribution in [3.05, 3.63) is 23.7 Å². The lowest BCUT2D eigenvalue weighted by Crippen LogP contribution is -2.42. The zero-order valence-electron chi connectivity index (χ0n) is 18.5. The van der Waals surface area contributed by atoms with E-state index in [4.69, 9.17) is 23.6 Å². The van der Waals surface area contributed by atoms with Gasteiger partial charge in [-0.05, 0) is 38.8 Å². The lowest BCUT2D eigenvalue weighted by molar-refractivity contribution is 0.0135. The van der Waals surface area contributed by atoms with Crippen molar-refractivity contribution in [2.45, 2.75) is 32.7 Å². The van der Waals surface area contributed by atoms with Gasteiger partial charge in [0.1, 0.15) is 11.5 Å². The molecule has 2 saturated heterocycles. The molecule has 1 aromatic heterocycles. The van der Waals surface area contributed by atoms with Gasteiger partial charge in [-0.25, -0.2) is 0 Å². The fourth-order valence-electron chi connectivity index (χ4n) is 3.77. The van der Waals surface area contributed by atoms with Gasteiger partial charge in [0.05, 0.1) is 39.0 Å². The zero-order valence-corrected chi connectivity index (χ0v) is 18.5. The molecule has 2 aliphatic rings. The number of nitrogens with one attached hydrogen (secondary N) is 2. The van der Waals surface area contributed by atoms with Gasteiger partial charge in [0, 0.05) is 45.3 Å². The Kier molecular flexibility index (Phi) is 9.95. The van der Waals surface area contributed by atoms with E-state index in [-0.39, 0.29) is 6.04 Å². The Bertz CT molecular complexity index is 624. The summed E-state index contributed by atoms with van der Waals surface area (Å²) < 4.78 is 22.6. The third-order valence-electron chi connectivity index (χ3n) is 5.48. The van der Waals surface area contributed by atoms with Crippen LogP contribution in [0, 0.1) is 12.8 Å². The average molecular weight is 423 g/mol. The summed E-state index contributed by atoms with van der Waals surface area (Å²) in [5, 5.41) is 6.77. The maximum Gasteiger partial charge on any atom is 0.191 e. The summed E-state index contributed by atoms with van der Waals surface area (Å²) in [6.45, 7) is 12.9. The highest BCUT2D eigenvalue weighted by molar-refractivity contribution is 5.79. The van der Waals surface area contributed by atoms with Gasteiger partial charge in [0.25, 0.3) is 0 Å². The van der Waals surface area contributed by atoms with Crippen LogP contribution >= 0.6 is 0 Å². The lowest BCUT2D eigenvalue weighted by Gasteiger charge is -2.32. The minimum absolute atomic E-state index is 0.120. The Hall–Kier alpha value is -1.61. The van der Waals surface area contributed by atoms with E-state index >= 15 is 0 Å². The SMILES string of the molecule is CCNC(=NCC(c1ccc(C)o1)N1CCOCC1)NCCCOCC1CCOC1. The predicted molar refractivity (Wildman–Crippen MR) is 117 cm³/mol. The van der Waals surface area contributed by atoms with E-state index in [2.05, 4.69) is 28.5 Å². The van der Waals surface area contributed by atoms with Crippen LogP contribution in [-0.2, 0) is 14.2 Å². The number of hydrogen-bond donors (Lipinski definition) is 2. The molecule has 3 heterocycles. The van der Waals surface area contributed by atoms with Gasteiger partial charge < -0.3 is 29.3 Å². The van der Waals surface area contributed by atoms with Crippen LogP contribution in [0.4, 0.5) is 0 Å². The topological polar surface area (TPSA) is 80.5 Å². The van der Waals surface area contributed by atoms with E-state index in [9.17, 15) is 0 Å². The van der Waals surface area contributed by atoms with Crippen LogP contribution in [-0.4, -0.2) is 83.2 Å². The number of guanidine groups is 1. The molecular weight excluding hydrogens is 384 g/mol. The van der Waals surface area contributed by atoms with E-state index < -0.39 is 0 Å². The van der Waals surface area contributed by atoms with Crippen LogP contribution in [0.2, 0.25) is 0 Å². The maximum absolute atomic E-state index is 5.94. The van der Waals surface area contributed by atoms with Crippen LogP contribution in [0.15, 0.2) is 21.5 Å². The highest BCUT2D eigenvalue weighted by Gasteiger charge is 2.25. The Morgan fingerprint density at radius 2 is 2.10 bits per heavy atom. The second-order valence-corrected chi connectivity index (χ2v) is 7.92. The molecule has 0 aromatic carbocycles. The molecule has 2 fully saturated rings. The summed E-state index contributed by atoms with van der Waals surface area (Å²) in [5.74, 6) is 3.31. The first-order valence-corrected chi connectivity index (χ1v) is 11.3. The average Bonchev–Trinajstić information content (AvgIpc) is 3.43. The molecule has 170 valence electrons. The molecule has 2 unspecified atom stereocenters. The first-order valence-electron chi connectivity index (χ1n) is 11.3. The van der Waals surface area contributed by atoms with E-state index in [0.29, 0.717) is 12.5 Å². The van der Waals surface area contributed by atoms with Gasteiger partial charge in [-0.3, -0.25) is 9.89 Å². The van der Waals surface area contributed by atoms with Crippen LogP contribution in [0.3, 0.4) is 0 Å². The molecule has 0 amide bonds. The molecule has 0 radical (unpaired) electrons. The second-order valence-electron chi connectivity index (χ2n) is 7.92. The molecular formula is C22H38N4O4. The summed E-state index contributed by atoms with van der Waals surface area (Å²) in [6, 6.07) is 4.21. The predicted octanol–water partition coefficient (Wildman–Crippen LogP) is 1.96. The number of morpholine rings is 1. The van der Waals surface area contributed by atoms with Gasteiger partial charge in [-0.1, -0.05) is 0 Å². The third kappa shape index (κ3) is 7.58. The highest BCUT2D eigenvalue weighted by atomic mass is 16.5. The fourth-order valence-corrected chi connectivity index (χ4v) is 3.77. The Balaban J connectivity index is 1.46. The number of aliphatic imine (C=N–C) groups is 1. The molecule has 2 atom stereocenters. The molecule has 2 aliphatic heterocycles. The minimum Gasteiger partial charge on any atom is -0.465 e. The standard InChI is InChI=1S/C22H38N4O4/c1-3-23-22(24-8-4-11-28-16-19-7-12-29-17-19)25-15-20(21-6-5-18(2)30-21)26-9-13-27-14-10-26/h5-6,19-20H,3-4,7-17H2,1-2H3,(H2,23,24,25). The van der Waals surface area contributed by atoms with Crippen molar-refractivity contribution >= 4 is 5.96 Å². The summed E-state index contributed by atoms with van der Waals surface area (Å²) in [7, 11) is 0. The summed E-state index contributed by atoms with van der Waals surface area (Å²) >= 11 is 0. The van der Waals surface area contributed by atoms with E-state index in [0.717, 1.165) is 96.1 Å². The molecule has 3 rings (SSSR count). The van der Waals surface area contributed by atoms with Crippen molar-refractivity contribution in [2.24, 2.45) is 10.9 Å². The third-order valence-corrected chi connectivity index (χ3v) is 5.48. The van der Waals surface area contributed by atoms with Crippen molar-refractivity contribution in [1.82, 2.24) is 15.5 Å². The molecule has 0 bridgehead atoms. The molecule has 2 N–H and O–H groups in total. The van der Waals surface area contributed by atoms with Crippen LogP contribution in [0.1, 0.15) is 37.3 Å². The minimum atomic E-state index is 0.120. The smallest absolute Gasteiger partial charge is 0.191 e. The molecule has 30 heavy (non-hydrogen) atoms. The van der Waals surface area contributed by atoms with Crippen LogP contribution < -0.4 is 10.6 Å². The Morgan fingerprint density at radius 1 is 1.23 bits per heavy atom. The maximum atomic E-state index is 5.94. The van der Waals surface area contributed by atoms with E-state index in [1.807, 2.05) is 13.0 Å². The van der Waals surface area contributed by atoms with Crippen molar-refractivity contribution in [2.75, 3.05) is 72.4 Å². The molecule has 8 heteroatoms. The lowest BCUT2D eigenvalue weighted by atomic mass is 10.1. The zero-order chi connectivity index (χ0) is 21.0. The monoisotopic (exact) mass is 422 g/mol. The Labute approximate surface area is 180 Å². The van der Waals surface area contributed by atoms with E-state index in [1.165, 1.54) is 0 Å². The van der Waals surface area contributed by atoms with Gasteiger partial charge in [-0.15, -0.1) is 0 Å². The first-order chi connectivity index (χ1) is 14.8. The molecule has 8 nitrogen and oxygen atoms in total. The summed E-state index contributed by atoms with van der Waals surface area (Å²) in [4.78, 5) is 7.25. The van der Waals surface area contributed by atoms with Crippen molar-refractivity contribution in [3.63, 3.8) is 0 Å². The molecule has 0 saturated carbocycles. The number of hydrogen-bond acceptors (Lipinski definition) is 6. The van der Waals surface area contributed by atoms with Crippen molar-refractivity contribution in [3.8, 4) is 0 Å². The van der Waals surface area contributed by atoms with Crippen LogP contribution in [0.5, 0.6) is 0 Å². The Morgan fingerprint density at radius 3 is 2.80 bits per heavy atom. The fraction of sp³-hybridized carbons (Fsp3) is 0.773. The van der Waals surface area contributed by atoms with Crippen molar-refractivity contribution in [1.29, 1.82) is 0 Å². The quantitative estimate of drug-likeness (QED) is 0.321. The number of furan rings is 1. The second kappa shape index (κ2) is 12.9. The van der Waals surface area contributed by atoms with Crippen LogP contribution in [0.25, 0.3) is 0 Å². The van der Waals surface area contributed by atoms with Gasteiger partial charge in [0.2, 0.25) is 0 Å². The number of rotatable bonds is 11. The van der Waals surface area contributed by atoms with E-state index in [1.54, 1.807) is 0 Å². The van der Waals surface area contributed by atoms with Gasteiger partial charge in [0.15, 0.2) is 5.96 Å². The molecule has 0 spiro atoms. The number of aryl methyl sites for hydroxylation is 1. The van der Waals surface area contributed by atoms with Gasteiger partial charge >= 0.3 is 0 Å². The summed E-state index contributed by atoms with van der Waals surface area (Å²) in [6.07, 6.45) is 2.07. The van der Waals surface area contributed by atoms with Crippen molar-refractivity contribution < 1.29 is 18.6 Å². The largest absolute Gasteiger partial charge is 0.465 e. The first kappa shape index (κ1) is 23.1. The summed E-state index contributed by atoms with van der Waals surface area (Å²) in [5.41, 5.74) is 0. The normalized spacial score (nSPS) is 21.7. The number of ether oxygens (including phenoxy) is 3. The highest BCUT2D eigenvalue weighted by Crippen LogP contribution is 2.24.